The second-order valence-corrected chi connectivity index (χ2v) is 4.14. The van der Waals surface area contributed by atoms with Gasteiger partial charge in [0.1, 0.15) is 0 Å². The molecule has 5 nitrogen and oxygen atoms in total. The van der Waals surface area contributed by atoms with Crippen molar-refractivity contribution in [2.24, 2.45) is 10.9 Å². The Hall–Kier alpha value is -0.0800. The third kappa shape index (κ3) is 9.90. The zero-order valence-electron chi connectivity index (χ0n) is 11.4. The Morgan fingerprint density at radius 1 is 1.17 bits per heavy atom. The van der Waals surface area contributed by atoms with Crippen LogP contribution in [0.4, 0.5) is 0 Å². The van der Waals surface area contributed by atoms with Gasteiger partial charge in [-0.1, -0.05) is 0 Å². The minimum absolute atomic E-state index is 0. The van der Waals surface area contributed by atoms with E-state index in [0.29, 0.717) is 6.61 Å². The average molecular weight is 371 g/mol. The van der Waals surface area contributed by atoms with E-state index in [4.69, 9.17) is 9.47 Å². The zero-order chi connectivity index (χ0) is 12.3. The van der Waals surface area contributed by atoms with Crippen LogP contribution in [0.1, 0.15) is 19.8 Å². The summed E-state index contributed by atoms with van der Waals surface area (Å²) in [6.07, 6.45) is 2.68. The molecule has 1 aliphatic rings. The predicted octanol–water partition coefficient (Wildman–Crippen LogP) is 1.23. The minimum Gasteiger partial charge on any atom is -0.380 e. The summed E-state index contributed by atoms with van der Waals surface area (Å²) < 4.78 is 10.8. The molecule has 0 aromatic heterocycles. The summed E-state index contributed by atoms with van der Waals surface area (Å²) in [5.41, 5.74) is 0. The summed E-state index contributed by atoms with van der Waals surface area (Å²) in [7, 11) is 1.76. The van der Waals surface area contributed by atoms with E-state index in [-0.39, 0.29) is 24.0 Å². The van der Waals surface area contributed by atoms with Gasteiger partial charge in [-0.15, -0.1) is 24.0 Å². The molecular formula is C12H26IN3O2. The number of hydrogen-bond acceptors (Lipinski definition) is 3. The molecule has 2 N–H and O–H groups in total. The van der Waals surface area contributed by atoms with E-state index in [2.05, 4.69) is 15.6 Å². The molecule has 1 rings (SSSR count). The SMILES string of the molecule is CCOCCNC(=NC)NCCOCC1CC1.I. The Bertz CT molecular complexity index is 223. The Kier molecular flexibility index (Phi) is 11.9. The second kappa shape index (κ2) is 12.0. The van der Waals surface area contributed by atoms with Gasteiger partial charge in [0.05, 0.1) is 13.2 Å². The largest absolute Gasteiger partial charge is 0.380 e. The number of ether oxygens (including phenoxy) is 2. The van der Waals surface area contributed by atoms with Crippen molar-refractivity contribution in [2.75, 3.05) is 46.6 Å². The van der Waals surface area contributed by atoms with E-state index >= 15 is 0 Å². The van der Waals surface area contributed by atoms with Crippen molar-refractivity contribution in [1.82, 2.24) is 10.6 Å². The topological polar surface area (TPSA) is 54.9 Å². The highest BCUT2D eigenvalue weighted by atomic mass is 127. The molecular weight excluding hydrogens is 345 g/mol. The predicted molar refractivity (Wildman–Crippen MR) is 84.8 cm³/mol. The van der Waals surface area contributed by atoms with Crippen LogP contribution in [0.3, 0.4) is 0 Å². The summed E-state index contributed by atoms with van der Waals surface area (Å²) in [6, 6.07) is 0. The molecule has 18 heavy (non-hydrogen) atoms. The van der Waals surface area contributed by atoms with Gasteiger partial charge in [-0.05, 0) is 25.7 Å². The quantitative estimate of drug-likeness (QED) is 0.277. The maximum Gasteiger partial charge on any atom is 0.191 e. The third-order valence-electron chi connectivity index (χ3n) is 2.56. The van der Waals surface area contributed by atoms with Crippen molar-refractivity contribution in [3.63, 3.8) is 0 Å². The van der Waals surface area contributed by atoms with Crippen molar-refractivity contribution in [2.45, 2.75) is 19.8 Å². The van der Waals surface area contributed by atoms with Crippen LogP contribution in [-0.4, -0.2) is 52.5 Å². The molecule has 0 saturated heterocycles. The lowest BCUT2D eigenvalue weighted by atomic mass is 10.5. The van der Waals surface area contributed by atoms with Crippen molar-refractivity contribution in [1.29, 1.82) is 0 Å². The van der Waals surface area contributed by atoms with Crippen LogP contribution in [0.5, 0.6) is 0 Å². The summed E-state index contributed by atoms with van der Waals surface area (Å²) in [4.78, 5) is 4.11. The summed E-state index contributed by atoms with van der Waals surface area (Å²) in [5.74, 6) is 1.64. The Morgan fingerprint density at radius 2 is 1.78 bits per heavy atom. The van der Waals surface area contributed by atoms with E-state index in [9.17, 15) is 0 Å². The molecule has 0 aromatic rings. The van der Waals surface area contributed by atoms with Gasteiger partial charge < -0.3 is 20.1 Å². The first-order valence-corrected chi connectivity index (χ1v) is 6.46. The monoisotopic (exact) mass is 371 g/mol. The van der Waals surface area contributed by atoms with E-state index < -0.39 is 0 Å². The van der Waals surface area contributed by atoms with Crippen LogP contribution in [0.15, 0.2) is 4.99 Å². The van der Waals surface area contributed by atoms with Gasteiger partial charge >= 0.3 is 0 Å². The molecule has 6 heteroatoms. The average Bonchev–Trinajstić information content (AvgIpc) is 3.15. The summed E-state index contributed by atoms with van der Waals surface area (Å²) in [6.45, 7) is 6.67. The molecule has 1 fully saturated rings. The lowest BCUT2D eigenvalue weighted by molar-refractivity contribution is 0.128. The van der Waals surface area contributed by atoms with E-state index in [0.717, 1.165) is 44.8 Å². The molecule has 0 spiro atoms. The highest BCUT2D eigenvalue weighted by molar-refractivity contribution is 14.0. The molecule has 0 aliphatic heterocycles. The minimum atomic E-state index is 0. The number of hydrogen-bond donors (Lipinski definition) is 2. The van der Waals surface area contributed by atoms with Crippen molar-refractivity contribution in [3.8, 4) is 0 Å². The maximum absolute atomic E-state index is 5.53. The number of nitrogens with zero attached hydrogens (tertiary/aromatic N) is 1. The highest BCUT2D eigenvalue weighted by Gasteiger charge is 2.20. The molecule has 0 unspecified atom stereocenters. The van der Waals surface area contributed by atoms with Crippen molar-refractivity contribution in [3.05, 3.63) is 0 Å². The van der Waals surface area contributed by atoms with Crippen molar-refractivity contribution < 1.29 is 9.47 Å². The van der Waals surface area contributed by atoms with E-state index in [1.165, 1.54) is 12.8 Å². The van der Waals surface area contributed by atoms with Crippen LogP contribution >= 0.6 is 24.0 Å². The number of aliphatic imine (C=N–C) groups is 1. The maximum atomic E-state index is 5.53. The Morgan fingerprint density at radius 3 is 2.28 bits per heavy atom. The Labute approximate surface area is 127 Å². The number of rotatable bonds is 9. The number of halogens is 1. The van der Waals surface area contributed by atoms with E-state index in [1.54, 1.807) is 7.05 Å². The molecule has 0 radical (unpaired) electrons. The summed E-state index contributed by atoms with van der Waals surface area (Å²) in [5, 5.41) is 6.37. The first-order valence-electron chi connectivity index (χ1n) is 6.46. The fraction of sp³-hybridized carbons (Fsp3) is 0.917. The molecule has 108 valence electrons. The second-order valence-electron chi connectivity index (χ2n) is 4.14. The summed E-state index contributed by atoms with van der Waals surface area (Å²) >= 11 is 0. The molecule has 0 aromatic carbocycles. The highest BCUT2D eigenvalue weighted by Crippen LogP contribution is 2.28. The van der Waals surface area contributed by atoms with Gasteiger partial charge in [0, 0.05) is 33.4 Å². The third-order valence-corrected chi connectivity index (χ3v) is 2.56. The van der Waals surface area contributed by atoms with Crippen LogP contribution < -0.4 is 10.6 Å². The Balaban J connectivity index is 0.00000289. The van der Waals surface area contributed by atoms with Gasteiger partial charge in [0.25, 0.3) is 0 Å². The first kappa shape index (κ1) is 17.9. The lowest BCUT2D eigenvalue weighted by Crippen LogP contribution is -2.40. The van der Waals surface area contributed by atoms with Gasteiger partial charge in [0.15, 0.2) is 5.96 Å². The smallest absolute Gasteiger partial charge is 0.191 e. The van der Waals surface area contributed by atoms with Crippen LogP contribution in [0, 0.1) is 5.92 Å². The lowest BCUT2D eigenvalue weighted by Gasteiger charge is -2.11. The molecule has 0 amide bonds. The van der Waals surface area contributed by atoms with Gasteiger partial charge in [-0.2, -0.15) is 0 Å². The normalized spacial score (nSPS) is 15.1. The standard InChI is InChI=1S/C12H25N3O2.HI/c1-3-16-8-6-14-12(13-2)15-7-9-17-10-11-4-5-11;/h11H,3-10H2,1-2H3,(H2,13,14,15);1H. The first-order chi connectivity index (χ1) is 8.36. The molecule has 0 bridgehead atoms. The fourth-order valence-corrected chi connectivity index (χ4v) is 1.38. The molecule has 1 saturated carbocycles. The fourth-order valence-electron chi connectivity index (χ4n) is 1.38. The van der Waals surface area contributed by atoms with Crippen LogP contribution in [-0.2, 0) is 9.47 Å². The molecule has 0 heterocycles. The van der Waals surface area contributed by atoms with Crippen molar-refractivity contribution >= 4 is 29.9 Å². The zero-order valence-corrected chi connectivity index (χ0v) is 13.7. The van der Waals surface area contributed by atoms with Crippen LogP contribution in [0.2, 0.25) is 0 Å². The molecule has 0 atom stereocenters. The van der Waals surface area contributed by atoms with Crippen LogP contribution in [0.25, 0.3) is 0 Å². The van der Waals surface area contributed by atoms with Gasteiger partial charge in [-0.3, -0.25) is 4.99 Å². The van der Waals surface area contributed by atoms with Gasteiger partial charge in [-0.25, -0.2) is 0 Å². The number of guanidine groups is 1. The van der Waals surface area contributed by atoms with Gasteiger partial charge in [0.2, 0.25) is 0 Å². The van der Waals surface area contributed by atoms with E-state index in [1.807, 2.05) is 6.92 Å². The number of nitrogens with one attached hydrogen (secondary N) is 2. The molecule has 1 aliphatic carbocycles.